The highest BCUT2D eigenvalue weighted by molar-refractivity contribution is 7.23. The van der Waals surface area contributed by atoms with Gasteiger partial charge in [-0.15, -0.1) is 34.0 Å². The lowest BCUT2D eigenvalue weighted by molar-refractivity contribution is 0.0531. The summed E-state index contributed by atoms with van der Waals surface area (Å²) in [6.45, 7) is 3.93. The summed E-state index contributed by atoms with van der Waals surface area (Å²) in [5, 5.41) is 6.20. The number of rotatable bonds is 5. The van der Waals surface area contributed by atoms with Crippen molar-refractivity contribution in [2.45, 2.75) is 13.8 Å². The number of thiophene rings is 2. The normalized spacial score (nSPS) is 10.9. The number of hydrogen-bond donors (Lipinski definition) is 1. The van der Waals surface area contributed by atoms with E-state index in [9.17, 15) is 9.59 Å². The van der Waals surface area contributed by atoms with E-state index in [1.807, 2.05) is 42.6 Å². The minimum atomic E-state index is -0.385. The molecule has 0 aliphatic carbocycles. The topological polar surface area (TPSA) is 68.3 Å². The molecular weight excluding hydrogens is 412 g/mol. The molecule has 0 bridgehead atoms. The SMILES string of the molecule is CCOC(=O)c1sc(NC(=O)c2cccs2)c(-c2nc3ccccc3s2)c1C. The molecule has 4 aromatic rings. The molecule has 0 aliphatic heterocycles. The van der Waals surface area contributed by atoms with E-state index in [1.165, 1.54) is 34.0 Å². The summed E-state index contributed by atoms with van der Waals surface area (Å²) in [6.07, 6.45) is 0. The third-order valence-corrected chi connectivity index (χ3v) is 7.20. The van der Waals surface area contributed by atoms with E-state index in [1.54, 1.807) is 13.0 Å². The number of esters is 1. The summed E-state index contributed by atoms with van der Waals surface area (Å²) in [5.74, 6) is -0.585. The van der Waals surface area contributed by atoms with Crippen molar-refractivity contribution in [2.24, 2.45) is 0 Å². The minimum Gasteiger partial charge on any atom is -0.462 e. The largest absolute Gasteiger partial charge is 0.462 e. The minimum absolute atomic E-state index is 0.200. The molecule has 4 rings (SSSR count). The lowest BCUT2D eigenvalue weighted by atomic mass is 10.1. The van der Waals surface area contributed by atoms with E-state index in [4.69, 9.17) is 9.72 Å². The maximum atomic E-state index is 12.6. The molecule has 1 amide bonds. The number of anilines is 1. The van der Waals surface area contributed by atoms with Crippen molar-refractivity contribution in [3.63, 3.8) is 0 Å². The van der Waals surface area contributed by atoms with Crippen molar-refractivity contribution >= 4 is 61.1 Å². The molecule has 1 aromatic carbocycles. The highest BCUT2D eigenvalue weighted by Crippen LogP contribution is 2.43. The number of benzene rings is 1. The first-order valence-corrected chi connectivity index (χ1v) is 11.1. The number of thiazole rings is 1. The van der Waals surface area contributed by atoms with Gasteiger partial charge in [-0.25, -0.2) is 9.78 Å². The van der Waals surface area contributed by atoms with Crippen LogP contribution in [0.2, 0.25) is 0 Å². The van der Waals surface area contributed by atoms with Crippen LogP contribution in [0.1, 0.15) is 31.8 Å². The summed E-state index contributed by atoms with van der Waals surface area (Å²) < 4.78 is 6.25. The zero-order chi connectivity index (χ0) is 19.7. The van der Waals surface area contributed by atoms with Gasteiger partial charge in [-0.1, -0.05) is 18.2 Å². The lowest BCUT2D eigenvalue weighted by Crippen LogP contribution is -2.09. The van der Waals surface area contributed by atoms with Gasteiger partial charge in [0, 0.05) is 5.56 Å². The highest BCUT2D eigenvalue weighted by atomic mass is 32.1. The Morgan fingerprint density at radius 2 is 1.96 bits per heavy atom. The second kappa shape index (κ2) is 7.83. The van der Waals surface area contributed by atoms with Crippen LogP contribution < -0.4 is 5.32 Å². The quantitative estimate of drug-likeness (QED) is 0.407. The van der Waals surface area contributed by atoms with Crippen molar-refractivity contribution < 1.29 is 14.3 Å². The standard InChI is InChI=1S/C20H16N2O3S3/c1-3-25-20(24)16-11(2)15(18-21-12-7-4-5-8-13(12)27-18)19(28-16)22-17(23)14-9-6-10-26-14/h4-10H,3H2,1-2H3,(H,22,23). The Bertz CT molecular complexity index is 1130. The van der Waals surface area contributed by atoms with E-state index < -0.39 is 0 Å². The zero-order valence-corrected chi connectivity index (χ0v) is 17.6. The molecule has 0 atom stereocenters. The van der Waals surface area contributed by atoms with Crippen LogP contribution in [0, 0.1) is 6.92 Å². The molecule has 0 spiro atoms. The molecule has 0 radical (unpaired) electrons. The number of carbonyl (C=O) groups is 2. The number of nitrogens with one attached hydrogen (secondary N) is 1. The van der Waals surface area contributed by atoms with Gasteiger partial charge < -0.3 is 10.1 Å². The first kappa shape index (κ1) is 18.8. The van der Waals surface area contributed by atoms with E-state index in [0.29, 0.717) is 21.4 Å². The molecule has 3 aromatic heterocycles. The van der Waals surface area contributed by atoms with Crippen LogP contribution >= 0.6 is 34.0 Å². The molecule has 3 heterocycles. The number of nitrogens with zero attached hydrogens (tertiary/aromatic N) is 1. The molecule has 0 saturated carbocycles. The van der Waals surface area contributed by atoms with Crippen molar-refractivity contribution in [1.82, 2.24) is 4.98 Å². The van der Waals surface area contributed by atoms with Gasteiger partial charge in [0.15, 0.2) is 0 Å². The van der Waals surface area contributed by atoms with Crippen LogP contribution in [0.4, 0.5) is 5.00 Å². The molecule has 28 heavy (non-hydrogen) atoms. The van der Waals surface area contributed by atoms with E-state index in [-0.39, 0.29) is 11.9 Å². The second-order valence-corrected chi connectivity index (χ2v) is 8.90. The van der Waals surface area contributed by atoms with Gasteiger partial charge >= 0.3 is 5.97 Å². The molecular formula is C20H16N2O3S3. The summed E-state index contributed by atoms with van der Waals surface area (Å²) in [5.41, 5.74) is 2.43. The fraction of sp³-hybridized carbons (Fsp3) is 0.150. The number of aromatic nitrogens is 1. The third kappa shape index (κ3) is 3.46. The Hall–Kier alpha value is -2.55. The molecule has 142 valence electrons. The summed E-state index contributed by atoms with van der Waals surface area (Å²) in [7, 11) is 0. The van der Waals surface area contributed by atoms with Crippen LogP contribution in [0.3, 0.4) is 0 Å². The fourth-order valence-corrected chi connectivity index (χ4v) is 5.66. The summed E-state index contributed by atoms with van der Waals surface area (Å²) in [4.78, 5) is 30.8. The average Bonchev–Trinajstić information content (AvgIpc) is 3.40. The Morgan fingerprint density at radius 3 is 2.68 bits per heavy atom. The maximum absolute atomic E-state index is 12.6. The number of carbonyl (C=O) groups excluding carboxylic acids is 2. The Kier molecular flexibility index (Phi) is 5.25. The van der Waals surface area contributed by atoms with Gasteiger partial charge in [0.25, 0.3) is 5.91 Å². The Labute approximate surface area is 173 Å². The number of ether oxygens (including phenoxy) is 1. The van der Waals surface area contributed by atoms with Crippen LogP contribution in [0.15, 0.2) is 41.8 Å². The summed E-state index contributed by atoms with van der Waals surface area (Å²) >= 11 is 4.13. The Balaban J connectivity index is 1.82. The molecule has 0 aliphatic rings. The number of amides is 1. The van der Waals surface area contributed by atoms with Gasteiger partial charge in [-0.3, -0.25) is 4.79 Å². The molecule has 1 N–H and O–H groups in total. The van der Waals surface area contributed by atoms with Gasteiger partial charge in [0.1, 0.15) is 14.9 Å². The second-order valence-electron chi connectivity index (χ2n) is 5.90. The molecule has 5 nitrogen and oxygen atoms in total. The average molecular weight is 429 g/mol. The van der Waals surface area contributed by atoms with Gasteiger partial charge in [0.2, 0.25) is 0 Å². The monoisotopic (exact) mass is 428 g/mol. The molecule has 0 unspecified atom stereocenters. The van der Waals surface area contributed by atoms with Gasteiger partial charge in [0.05, 0.1) is 21.7 Å². The maximum Gasteiger partial charge on any atom is 0.348 e. The van der Waals surface area contributed by atoms with Crippen LogP contribution in [-0.2, 0) is 4.74 Å². The highest BCUT2D eigenvalue weighted by Gasteiger charge is 2.25. The van der Waals surface area contributed by atoms with E-state index >= 15 is 0 Å². The van der Waals surface area contributed by atoms with E-state index in [2.05, 4.69) is 5.32 Å². The van der Waals surface area contributed by atoms with Crippen molar-refractivity contribution in [3.8, 4) is 10.6 Å². The first-order chi connectivity index (χ1) is 13.6. The summed E-state index contributed by atoms with van der Waals surface area (Å²) in [6, 6.07) is 11.5. The molecule has 0 saturated heterocycles. The van der Waals surface area contributed by atoms with Crippen LogP contribution in [0.5, 0.6) is 0 Å². The van der Waals surface area contributed by atoms with Crippen LogP contribution in [-0.4, -0.2) is 23.5 Å². The predicted octanol–water partition coefficient (Wildman–Crippen LogP) is 5.82. The zero-order valence-electron chi connectivity index (χ0n) is 15.1. The predicted molar refractivity (Wildman–Crippen MR) is 116 cm³/mol. The van der Waals surface area contributed by atoms with Crippen molar-refractivity contribution in [1.29, 1.82) is 0 Å². The van der Waals surface area contributed by atoms with Gasteiger partial charge in [-0.05, 0) is 43.0 Å². The fourth-order valence-electron chi connectivity index (χ4n) is 2.80. The van der Waals surface area contributed by atoms with Crippen LogP contribution in [0.25, 0.3) is 20.8 Å². The van der Waals surface area contributed by atoms with Gasteiger partial charge in [-0.2, -0.15) is 0 Å². The lowest BCUT2D eigenvalue weighted by Gasteiger charge is -2.04. The molecule has 8 heteroatoms. The molecule has 0 fully saturated rings. The van der Waals surface area contributed by atoms with E-state index in [0.717, 1.165) is 26.4 Å². The smallest absolute Gasteiger partial charge is 0.348 e. The third-order valence-electron chi connectivity index (χ3n) is 4.09. The van der Waals surface area contributed by atoms with Crippen molar-refractivity contribution in [3.05, 3.63) is 57.1 Å². The number of hydrogen-bond acceptors (Lipinski definition) is 7. The van der Waals surface area contributed by atoms with Crippen molar-refractivity contribution in [2.75, 3.05) is 11.9 Å². The Morgan fingerprint density at radius 1 is 1.14 bits per heavy atom. The first-order valence-electron chi connectivity index (χ1n) is 8.59. The number of para-hydroxylation sites is 1. The number of fused-ring (bicyclic) bond motifs is 1.